The number of nitrogens with one attached hydrogen (secondary N) is 2. The van der Waals surface area contributed by atoms with Crippen LogP contribution in [0.5, 0.6) is 0 Å². The first-order chi connectivity index (χ1) is 10.1. The van der Waals surface area contributed by atoms with Gasteiger partial charge in [-0.05, 0) is 39.1 Å². The van der Waals surface area contributed by atoms with Crippen LogP contribution in [0.3, 0.4) is 0 Å². The van der Waals surface area contributed by atoms with Crippen molar-refractivity contribution in [1.82, 2.24) is 15.3 Å². The molecule has 21 heavy (non-hydrogen) atoms. The van der Waals surface area contributed by atoms with Gasteiger partial charge in [-0.1, -0.05) is 0 Å². The molecule has 0 spiro atoms. The molecule has 112 valence electrons. The first-order valence-corrected chi connectivity index (χ1v) is 6.75. The second kappa shape index (κ2) is 6.94. The summed E-state index contributed by atoms with van der Waals surface area (Å²) in [5, 5.41) is 6.68. The fourth-order valence-electron chi connectivity index (χ4n) is 1.93. The molecule has 0 fully saturated rings. The average Bonchev–Trinajstić information content (AvgIpc) is 2.43. The van der Waals surface area contributed by atoms with Crippen LogP contribution >= 0.6 is 0 Å². The second-order valence-electron chi connectivity index (χ2n) is 4.64. The fraction of sp³-hybridized carbons (Fsp3) is 0.357. The molecular formula is C14H19FN6. The van der Waals surface area contributed by atoms with E-state index < -0.39 is 0 Å². The summed E-state index contributed by atoms with van der Waals surface area (Å²) in [4.78, 5) is 12.7. The zero-order valence-corrected chi connectivity index (χ0v) is 12.2. The first kappa shape index (κ1) is 15.1. The zero-order valence-electron chi connectivity index (χ0n) is 12.2. The molecule has 0 saturated heterocycles. The third-order valence-electron chi connectivity index (χ3n) is 2.96. The summed E-state index contributed by atoms with van der Waals surface area (Å²) in [5.74, 6) is 0.238. The Hall–Kier alpha value is -2.28. The molecule has 2 aromatic rings. The molecule has 6 nitrogen and oxygen atoms in total. The number of hydrogen-bond acceptors (Lipinski definition) is 4. The van der Waals surface area contributed by atoms with Crippen molar-refractivity contribution in [3.8, 4) is 0 Å². The van der Waals surface area contributed by atoms with Crippen molar-refractivity contribution in [1.29, 1.82) is 0 Å². The number of halogens is 1. The summed E-state index contributed by atoms with van der Waals surface area (Å²) in [5.41, 5.74) is 7.07. The van der Waals surface area contributed by atoms with Gasteiger partial charge in [0.05, 0.1) is 11.2 Å². The Bertz CT molecular complexity index is 655. The first-order valence-electron chi connectivity index (χ1n) is 6.75. The van der Waals surface area contributed by atoms with Gasteiger partial charge < -0.3 is 11.1 Å². The SMILES string of the molecule is CNCCCN=C(N)Nc1nc(C)c2ccc(F)cc2n1. The molecule has 0 unspecified atom stereocenters. The van der Waals surface area contributed by atoms with Crippen molar-refractivity contribution >= 4 is 22.8 Å². The maximum absolute atomic E-state index is 13.3. The van der Waals surface area contributed by atoms with Gasteiger partial charge in [0.15, 0.2) is 5.96 Å². The number of nitrogens with zero attached hydrogens (tertiary/aromatic N) is 3. The molecule has 0 bridgehead atoms. The van der Waals surface area contributed by atoms with Crippen LogP contribution in [0, 0.1) is 12.7 Å². The van der Waals surface area contributed by atoms with Gasteiger partial charge in [0.25, 0.3) is 0 Å². The Morgan fingerprint density at radius 3 is 2.95 bits per heavy atom. The minimum atomic E-state index is -0.333. The van der Waals surface area contributed by atoms with Crippen molar-refractivity contribution in [2.75, 3.05) is 25.5 Å². The number of guanidine groups is 1. The van der Waals surface area contributed by atoms with Gasteiger partial charge in [0, 0.05) is 18.0 Å². The maximum Gasteiger partial charge on any atom is 0.230 e. The van der Waals surface area contributed by atoms with Crippen LogP contribution in [0.15, 0.2) is 23.2 Å². The van der Waals surface area contributed by atoms with E-state index in [-0.39, 0.29) is 11.8 Å². The lowest BCUT2D eigenvalue weighted by Gasteiger charge is -2.07. The van der Waals surface area contributed by atoms with Crippen LogP contribution in [0.25, 0.3) is 10.9 Å². The zero-order chi connectivity index (χ0) is 15.2. The number of fused-ring (bicyclic) bond motifs is 1. The second-order valence-corrected chi connectivity index (χ2v) is 4.64. The summed E-state index contributed by atoms with van der Waals surface area (Å²) in [6, 6.07) is 4.43. The van der Waals surface area contributed by atoms with E-state index in [0.29, 0.717) is 18.0 Å². The smallest absolute Gasteiger partial charge is 0.230 e. The number of rotatable bonds is 5. The van der Waals surface area contributed by atoms with E-state index in [1.807, 2.05) is 14.0 Å². The van der Waals surface area contributed by atoms with Crippen LogP contribution in [0.1, 0.15) is 12.1 Å². The molecule has 1 aromatic heterocycles. The van der Waals surface area contributed by atoms with Gasteiger partial charge in [0.2, 0.25) is 5.95 Å². The minimum Gasteiger partial charge on any atom is -0.370 e. The molecule has 0 amide bonds. The standard InChI is InChI=1S/C14H19FN6/c1-9-11-5-4-10(15)8-12(11)20-14(19-9)21-13(16)18-7-3-6-17-2/h4-5,8,17H,3,6-7H2,1-2H3,(H3,16,18,19,20,21). The number of aryl methyl sites for hydroxylation is 1. The molecule has 0 radical (unpaired) electrons. The molecule has 0 aliphatic heterocycles. The number of aromatic nitrogens is 2. The van der Waals surface area contributed by atoms with Crippen molar-refractivity contribution in [3.05, 3.63) is 29.7 Å². The number of aliphatic imine (C=N–C) groups is 1. The van der Waals surface area contributed by atoms with Crippen molar-refractivity contribution in [3.63, 3.8) is 0 Å². The third-order valence-corrected chi connectivity index (χ3v) is 2.96. The summed E-state index contributed by atoms with van der Waals surface area (Å²) < 4.78 is 13.3. The lowest BCUT2D eigenvalue weighted by atomic mass is 10.2. The number of benzene rings is 1. The molecule has 0 atom stereocenters. The maximum atomic E-state index is 13.3. The number of anilines is 1. The largest absolute Gasteiger partial charge is 0.370 e. The van der Waals surface area contributed by atoms with Crippen molar-refractivity contribution in [2.24, 2.45) is 10.7 Å². The van der Waals surface area contributed by atoms with E-state index in [2.05, 4.69) is 25.6 Å². The molecule has 7 heteroatoms. The number of hydrogen-bond donors (Lipinski definition) is 3. The normalized spacial score (nSPS) is 11.9. The van der Waals surface area contributed by atoms with Gasteiger partial charge in [-0.15, -0.1) is 0 Å². The molecule has 0 saturated carbocycles. The molecular weight excluding hydrogens is 271 g/mol. The Kier molecular flexibility index (Phi) is 4.99. The summed E-state index contributed by atoms with van der Waals surface area (Å²) in [6.45, 7) is 3.33. The predicted octanol–water partition coefficient (Wildman–Crippen LogP) is 1.41. The topological polar surface area (TPSA) is 88.2 Å². The third kappa shape index (κ3) is 4.09. The summed E-state index contributed by atoms with van der Waals surface area (Å²) >= 11 is 0. The van der Waals surface area contributed by atoms with E-state index in [0.717, 1.165) is 24.0 Å². The monoisotopic (exact) mass is 290 g/mol. The van der Waals surface area contributed by atoms with Gasteiger partial charge >= 0.3 is 0 Å². The van der Waals surface area contributed by atoms with Crippen LogP contribution < -0.4 is 16.4 Å². The molecule has 0 aliphatic rings. The highest BCUT2D eigenvalue weighted by Gasteiger charge is 2.06. The Labute approximate surface area is 122 Å². The van der Waals surface area contributed by atoms with E-state index >= 15 is 0 Å². The minimum absolute atomic E-state index is 0.251. The molecule has 1 heterocycles. The van der Waals surface area contributed by atoms with Crippen LogP contribution in [-0.2, 0) is 0 Å². The Morgan fingerprint density at radius 1 is 1.38 bits per heavy atom. The van der Waals surface area contributed by atoms with E-state index in [1.165, 1.54) is 12.1 Å². The van der Waals surface area contributed by atoms with Crippen LogP contribution in [-0.4, -0.2) is 36.1 Å². The van der Waals surface area contributed by atoms with E-state index in [4.69, 9.17) is 5.73 Å². The lowest BCUT2D eigenvalue weighted by Crippen LogP contribution is -2.24. The highest BCUT2D eigenvalue weighted by molar-refractivity contribution is 5.92. The highest BCUT2D eigenvalue weighted by Crippen LogP contribution is 2.18. The lowest BCUT2D eigenvalue weighted by molar-refractivity contribution is 0.629. The van der Waals surface area contributed by atoms with Crippen molar-refractivity contribution in [2.45, 2.75) is 13.3 Å². The Morgan fingerprint density at radius 2 is 2.19 bits per heavy atom. The Balaban J connectivity index is 2.15. The van der Waals surface area contributed by atoms with Crippen molar-refractivity contribution < 1.29 is 4.39 Å². The fourth-order valence-corrected chi connectivity index (χ4v) is 1.93. The molecule has 4 N–H and O–H groups in total. The summed E-state index contributed by atoms with van der Waals surface area (Å²) in [7, 11) is 1.89. The van der Waals surface area contributed by atoms with E-state index in [1.54, 1.807) is 6.07 Å². The highest BCUT2D eigenvalue weighted by atomic mass is 19.1. The van der Waals surface area contributed by atoms with Gasteiger partial charge in [0.1, 0.15) is 5.82 Å². The molecule has 2 rings (SSSR count). The predicted molar refractivity (Wildman–Crippen MR) is 82.9 cm³/mol. The molecule has 0 aliphatic carbocycles. The quantitative estimate of drug-likeness (QED) is 0.440. The van der Waals surface area contributed by atoms with Crippen LogP contribution in [0.4, 0.5) is 10.3 Å². The van der Waals surface area contributed by atoms with Gasteiger partial charge in [-0.3, -0.25) is 10.3 Å². The van der Waals surface area contributed by atoms with Crippen LogP contribution in [0.2, 0.25) is 0 Å². The molecule has 1 aromatic carbocycles. The summed E-state index contributed by atoms with van der Waals surface area (Å²) in [6.07, 6.45) is 0.891. The number of nitrogens with two attached hydrogens (primary N) is 1. The van der Waals surface area contributed by atoms with Gasteiger partial charge in [-0.25, -0.2) is 14.4 Å². The van der Waals surface area contributed by atoms with E-state index in [9.17, 15) is 4.39 Å². The van der Waals surface area contributed by atoms with Gasteiger partial charge in [-0.2, -0.15) is 0 Å². The average molecular weight is 290 g/mol.